The Bertz CT molecular complexity index is 371. The predicted octanol–water partition coefficient (Wildman–Crippen LogP) is 4.15. The first-order chi connectivity index (χ1) is 7.87. The van der Waals surface area contributed by atoms with Crippen LogP contribution in [-0.2, 0) is 0 Å². The fourth-order valence-corrected chi connectivity index (χ4v) is 2.53. The number of benzene rings is 1. The minimum Gasteiger partial charge on any atom is -0.497 e. The average molecular weight is 300 g/mol. The molecule has 0 aliphatic rings. The van der Waals surface area contributed by atoms with Crippen LogP contribution in [0.15, 0.2) is 22.7 Å². The highest BCUT2D eigenvalue weighted by molar-refractivity contribution is 9.10. The topological polar surface area (TPSA) is 21.3 Å². The van der Waals surface area contributed by atoms with Crippen molar-refractivity contribution >= 4 is 15.9 Å². The molecule has 0 aliphatic carbocycles. The first-order valence-electron chi connectivity index (χ1n) is 5.88. The lowest BCUT2D eigenvalue weighted by molar-refractivity contribution is 0.320. The van der Waals surface area contributed by atoms with Gasteiger partial charge in [0.15, 0.2) is 0 Å². The molecule has 1 N–H and O–H groups in total. The fraction of sp³-hybridized carbons (Fsp3) is 0.571. The SMILES string of the molecule is CNC(CC(C)(C)C)c1ccc(OC)cc1Br. The number of rotatable bonds is 4. The smallest absolute Gasteiger partial charge is 0.120 e. The summed E-state index contributed by atoms with van der Waals surface area (Å²) in [6.07, 6.45) is 1.09. The number of halogens is 1. The van der Waals surface area contributed by atoms with Crippen molar-refractivity contribution in [2.24, 2.45) is 5.41 Å². The Balaban J connectivity index is 2.96. The lowest BCUT2D eigenvalue weighted by Gasteiger charge is -2.27. The standard InChI is InChI=1S/C14H22BrNO/c1-14(2,3)9-13(16-4)11-7-6-10(17-5)8-12(11)15/h6-8,13,16H,9H2,1-5H3. The van der Waals surface area contributed by atoms with Gasteiger partial charge in [-0.05, 0) is 36.6 Å². The van der Waals surface area contributed by atoms with E-state index in [1.54, 1.807) is 7.11 Å². The summed E-state index contributed by atoms with van der Waals surface area (Å²) in [5, 5.41) is 3.38. The maximum absolute atomic E-state index is 5.21. The van der Waals surface area contributed by atoms with Crippen molar-refractivity contribution in [3.8, 4) is 5.75 Å². The van der Waals surface area contributed by atoms with Gasteiger partial charge in [-0.3, -0.25) is 0 Å². The number of methoxy groups -OCH3 is 1. The zero-order chi connectivity index (χ0) is 13.1. The molecular formula is C14H22BrNO. The van der Waals surface area contributed by atoms with E-state index in [9.17, 15) is 0 Å². The summed E-state index contributed by atoms with van der Waals surface area (Å²) in [7, 11) is 3.69. The van der Waals surface area contributed by atoms with Crippen LogP contribution in [0.5, 0.6) is 5.75 Å². The van der Waals surface area contributed by atoms with Crippen LogP contribution in [0, 0.1) is 5.41 Å². The predicted molar refractivity (Wildman–Crippen MR) is 76.6 cm³/mol. The van der Waals surface area contributed by atoms with Crippen LogP contribution in [0.25, 0.3) is 0 Å². The van der Waals surface area contributed by atoms with Gasteiger partial charge in [-0.15, -0.1) is 0 Å². The second-order valence-corrected chi connectivity index (χ2v) is 6.35. The second-order valence-electron chi connectivity index (χ2n) is 5.49. The summed E-state index contributed by atoms with van der Waals surface area (Å²) in [5.41, 5.74) is 1.58. The number of ether oxygens (including phenoxy) is 1. The third-order valence-corrected chi connectivity index (χ3v) is 3.43. The van der Waals surface area contributed by atoms with Crippen molar-refractivity contribution in [1.82, 2.24) is 5.32 Å². The molecule has 1 aromatic rings. The van der Waals surface area contributed by atoms with Crippen LogP contribution in [0.2, 0.25) is 0 Å². The van der Waals surface area contributed by atoms with Gasteiger partial charge in [-0.25, -0.2) is 0 Å². The summed E-state index contributed by atoms with van der Waals surface area (Å²) in [4.78, 5) is 0. The second kappa shape index (κ2) is 5.87. The first kappa shape index (κ1) is 14.5. The molecule has 0 fully saturated rings. The van der Waals surface area contributed by atoms with E-state index in [1.807, 2.05) is 19.2 Å². The lowest BCUT2D eigenvalue weighted by atomic mass is 9.85. The van der Waals surface area contributed by atoms with Gasteiger partial charge in [0.1, 0.15) is 5.75 Å². The molecule has 1 unspecified atom stereocenters. The average Bonchev–Trinajstić information content (AvgIpc) is 2.24. The Morgan fingerprint density at radius 2 is 2.00 bits per heavy atom. The molecule has 1 aromatic carbocycles. The Morgan fingerprint density at radius 3 is 2.41 bits per heavy atom. The van der Waals surface area contributed by atoms with E-state index in [1.165, 1.54) is 5.56 Å². The van der Waals surface area contributed by atoms with Gasteiger partial charge in [0.05, 0.1) is 7.11 Å². The molecule has 0 aliphatic heterocycles. The number of hydrogen-bond acceptors (Lipinski definition) is 2. The summed E-state index contributed by atoms with van der Waals surface area (Å²) in [6.45, 7) is 6.78. The maximum atomic E-state index is 5.21. The normalized spacial score (nSPS) is 13.5. The zero-order valence-corrected chi connectivity index (χ0v) is 12.9. The highest BCUT2D eigenvalue weighted by Gasteiger charge is 2.20. The van der Waals surface area contributed by atoms with Crippen molar-refractivity contribution in [1.29, 1.82) is 0 Å². The van der Waals surface area contributed by atoms with Crippen molar-refractivity contribution < 1.29 is 4.74 Å². The van der Waals surface area contributed by atoms with Crippen LogP contribution in [0.1, 0.15) is 38.8 Å². The van der Waals surface area contributed by atoms with Gasteiger partial charge in [-0.2, -0.15) is 0 Å². The van der Waals surface area contributed by atoms with Crippen LogP contribution < -0.4 is 10.1 Å². The van der Waals surface area contributed by atoms with Crippen LogP contribution in [0.4, 0.5) is 0 Å². The van der Waals surface area contributed by atoms with Gasteiger partial charge < -0.3 is 10.1 Å². The van der Waals surface area contributed by atoms with Crippen LogP contribution in [-0.4, -0.2) is 14.2 Å². The highest BCUT2D eigenvalue weighted by atomic mass is 79.9. The van der Waals surface area contributed by atoms with E-state index in [0.29, 0.717) is 11.5 Å². The first-order valence-corrected chi connectivity index (χ1v) is 6.67. The molecule has 0 aromatic heterocycles. The maximum Gasteiger partial charge on any atom is 0.120 e. The van der Waals surface area contributed by atoms with Gasteiger partial charge >= 0.3 is 0 Å². The molecule has 0 heterocycles. The summed E-state index contributed by atoms with van der Waals surface area (Å²) in [5.74, 6) is 0.881. The summed E-state index contributed by atoms with van der Waals surface area (Å²) >= 11 is 3.62. The third-order valence-electron chi connectivity index (χ3n) is 2.75. The molecule has 0 saturated heterocycles. The molecule has 0 radical (unpaired) electrons. The minimum atomic E-state index is 0.299. The van der Waals surface area contributed by atoms with E-state index in [2.05, 4.69) is 48.1 Å². The molecule has 0 spiro atoms. The van der Waals surface area contributed by atoms with Crippen LogP contribution in [0.3, 0.4) is 0 Å². The van der Waals surface area contributed by atoms with Gasteiger partial charge in [0.25, 0.3) is 0 Å². The van der Waals surface area contributed by atoms with E-state index in [0.717, 1.165) is 16.6 Å². The molecule has 3 heteroatoms. The summed E-state index contributed by atoms with van der Waals surface area (Å²) < 4.78 is 6.31. The molecule has 0 bridgehead atoms. The van der Waals surface area contributed by atoms with Crippen molar-refractivity contribution in [2.75, 3.05) is 14.2 Å². The van der Waals surface area contributed by atoms with Crippen molar-refractivity contribution in [3.63, 3.8) is 0 Å². The Hall–Kier alpha value is -0.540. The lowest BCUT2D eigenvalue weighted by Crippen LogP contribution is -2.22. The van der Waals surface area contributed by atoms with Gasteiger partial charge in [0.2, 0.25) is 0 Å². The zero-order valence-electron chi connectivity index (χ0n) is 11.3. The Labute approximate surface area is 113 Å². The van der Waals surface area contributed by atoms with Gasteiger partial charge in [-0.1, -0.05) is 42.8 Å². The molecule has 1 rings (SSSR count). The van der Waals surface area contributed by atoms with E-state index < -0.39 is 0 Å². The third kappa shape index (κ3) is 4.32. The molecule has 0 amide bonds. The molecular weight excluding hydrogens is 278 g/mol. The fourth-order valence-electron chi connectivity index (χ4n) is 1.90. The minimum absolute atomic E-state index is 0.299. The van der Waals surface area contributed by atoms with E-state index in [-0.39, 0.29) is 0 Å². The number of nitrogens with one attached hydrogen (secondary N) is 1. The quantitative estimate of drug-likeness (QED) is 0.901. The molecule has 96 valence electrons. The molecule has 1 atom stereocenters. The monoisotopic (exact) mass is 299 g/mol. The highest BCUT2D eigenvalue weighted by Crippen LogP contribution is 2.34. The van der Waals surface area contributed by atoms with Crippen molar-refractivity contribution in [2.45, 2.75) is 33.2 Å². The van der Waals surface area contributed by atoms with Crippen LogP contribution >= 0.6 is 15.9 Å². The molecule has 17 heavy (non-hydrogen) atoms. The van der Waals surface area contributed by atoms with E-state index in [4.69, 9.17) is 4.74 Å². The summed E-state index contributed by atoms with van der Waals surface area (Å²) in [6, 6.07) is 6.50. The Kier molecular flexibility index (Phi) is 5.02. The largest absolute Gasteiger partial charge is 0.497 e. The van der Waals surface area contributed by atoms with E-state index >= 15 is 0 Å². The van der Waals surface area contributed by atoms with Gasteiger partial charge in [0, 0.05) is 10.5 Å². The molecule has 0 saturated carbocycles. The van der Waals surface area contributed by atoms with Crippen molar-refractivity contribution in [3.05, 3.63) is 28.2 Å². The number of hydrogen-bond donors (Lipinski definition) is 1. The Morgan fingerprint density at radius 1 is 1.35 bits per heavy atom. The molecule has 2 nitrogen and oxygen atoms in total.